The Hall–Kier alpha value is -1.69. The number of hydrogen-bond donors (Lipinski definition) is 2. The predicted octanol–water partition coefficient (Wildman–Crippen LogP) is 2.17. The van der Waals surface area contributed by atoms with Crippen LogP contribution >= 0.6 is 0 Å². The highest BCUT2D eigenvalue weighted by molar-refractivity contribution is 5.99. The zero-order chi connectivity index (χ0) is 13.5. The molecule has 1 aromatic carbocycles. The zero-order valence-electron chi connectivity index (χ0n) is 10.1. The van der Waals surface area contributed by atoms with E-state index < -0.39 is 13.0 Å². The second-order valence-corrected chi connectivity index (χ2v) is 3.75. The Kier molecular flexibility index (Phi) is 5.51. The van der Waals surface area contributed by atoms with E-state index in [2.05, 4.69) is 5.32 Å². The van der Waals surface area contributed by atoms with Crippen molar-refractivity contribution in [3.05, 3.63) is 23.8 Å². The van der Waals surface area contributed by atoms with Gasteiger partial charge in [-0.3, -0.25) is 4.79 Å². The summed E-state index contributed by atoms with van der Waals surface area (Å²) in [6.07, 6.45) is -2.45. The fourth-order valence-corrected chi connectivity index (χ4v) is 1.43. The number of nitrogen functional groups attached to an aromatic ring is 1. The molecule has 0 aliphatic carbocycles. The van der Waals surface area contributed by atoms with Crippen molar-refractivity contribution in [2.75, 3.05) is 30.8 Å². The molecular weight excluding hydrogens is 242 g/mol. The number of hydrogen-bond acceptors (Lipinski definition) is 4. The highest BCUT2D eigenvalue weighted by Gasteiger charge is 2.05. The Morgan fingerprint density at radius 1 is 1.50 bits per heavy atom. The van der Waals surface area contributed by atoms with Crippen molar-refractivity contribution in [1.29, 1.82) is 0 Å². The number of benzene rings is 1. The summed E-state index contributed by atoms with van der Waals surface area (Å²) in [6, 6.07) is 4.96. The predicted molar refractivity (Wildman–Crippen MR) is 66.2 cm³/mol. The Labute approximate surface area is 104 Å². The van der Waals surface area contributed by atoms with E-state index in [1.54, 1.807) is 18.2 Å². The van der Waals surface area contributed by atoms with Crippen LogP contribution in [0, 0.1) is 0 Å². The van der Waals surface area contributed by atoms with Gasteiger partial charge in [0.1, 0.15) is 6.61 Å². The largest absolute Gasteiger partial charge is 0.398 e. The van der Waals surface area contributed by atoms with Gasteiger partial charge in [0, 0.05) is 23.5 Å². The van der Waals surface area contributed by atoms with E-state index in [0.717, 1.165) is 5.69 Å². The summed E-state index contributed by atoms with van der Waals surface area (Å²) in [5, 5.41) is 2.96. The molecule has 0 saturated heterocycles. The molecule has 0 fully saturated rings. The van der Waals surface area contributed by atoms with E-state index in [1.165, 1.54) is 6.92 Å². The molecule has 0 aliphatic heterocycles. The van der Waals surface area contributed by atoms with Crippen molar-refractivity contribution in [1.82, 2.24) is 0 Å². The number of anilines is 2. The van der Waals surface area contributed by atoms with E-state index in [1.807, 2.05) is 0 Å². The lowest BCUT2D eigenvalue weighted by Gasteiger charge is -2.09. The highest BCUT2D eigenvalue weighted by Crippen LogP contribution is 2.18. The van der Waals surface area contributed by atoms with Crippen molar-refractivity contribution >= 4 is 17.2 Å². The van der Waals surface area contributed by atoms with Gasteiger partial charge < -0.3 is 15.8 Å². The normalized spacial score (nSPS) is 10.7. The van der Waals surface area contributed by atoms with Crippen LogP contribution in [-0.2, 0) is 4.74 Å². The molecule has 1 aromatic rings. The van der Waals surface area contributed by atoms with Crippen LogP contribution in [0.4, 0.5) is 20.2 Å². The summed E-state index contributed by atoms with van der Waals surface area (Å²) in [4.78, 5) is 11.1. The summed E-state index contributed by atoms with van der Waals surface area (Å²) in [7, 11) is 0. The number of halogens is 2. The number of Topliss-reactive ketones (excluding diaryl/α,β-unsaturated/α-hetero) is 1. The van der Waals surface area contributed by atoms with E-state index in [4.69, 9.17) is 10.5 Å². The molecule has 18 heavy (non-hydrogen) atoms. The first-order valence-corrected chi connectivity index (χ1v) is 5.51. The fraction of sp³-hybridized carbons (Fsp3) is 0.417. The smallest absolute Gasteiger partial charge is 0.261 e. The minimum absolute atomic E-state index is 0.0979. The number of nitrogens with one attached hydrogen (secondary N) is 1. The zero-order valence-corrected chi connectivity index (χ0v) is 10.1. The lowest BCUT2D eigenvalue weighted by molar-refractivity contribution is 0.0215. The number of alkyl halides is 2. The van der Waals surface area contributed by atoms with Crippen LogP contribution in [0.1, 0.15) is 17.3 Å². The first-order chi connectivity index (χ1) is 8.50. The average Bonchev–Trinajstić information content (AvgIpc) is 2.27. The molecule has 0 atom stereocenters. The van der Waals surface area contributed by atoms with Crippen LogP contribution in [-0.4, -0.2) is 32.0 Å². The van der Waals surface area contributed by atoms with Crippen molar-refractivity contribution in [3.8, 4) is 0 Å². The third kappa shape index (κ3) is 4.67. The van der Waals surface area contributed by atoms with Crippen LogP contribution in [0.5, 0.6) is 0 Å². The molecule has 0 amide bonds. The van der Waals surface area contributed by atoms with Gasteiger partial charge in [0.15, 0.2) is 5.78 Å². The number of carbonyl (C=O) groups is 1. The first-order valence-electron chi connectivity index (χ1n) is 5.51. The van der Waals surface area contributed by atoms with Crippen LogP contribution in [0.2, 0.25) is 0 Å². The lowest BCUT2D eigenvalue weighted by atomic mass is 10.1. The summed E-state index contributed by atoms with van der Waals surface area (Å²) in [6.45, 7) is 1.45. The van der Waals surface area contributed by atoms with Gasteiger partial charge in [-0.15, -0.1) is 0 Å². The van der Waals surface area contributed by atoms with Crippen molar-refractivity contribution in [2.45, 2.75) is 13.3 Å². The van der Waals surface area contributed by atoms with Crippen molar-refractivity contribution in [3.63, 3.8) is 0 Å². The maximum atomic E-state index is 11.8. The molecule has 0 aliphatic rings. The monoisotopic (exact) mass is 258 g/mol. The molecule has 4 nitrogen and oxygen atoms in total. The molecule has 0 aromatic heterocycles. The number of ether oxygens (including phenoxy) is 1. The van der Waals surface area contributed by atoms with Crippen LogP contribution in [0.15, 0.2) is 18.2 Å². The number of nitrogens with two attached hydrogens (primary N) is 1. The standard InChI is InChI=1S/C12H16F2N2O2/c1-8(17)10-3-2-9(6-11(10)15)16-4-5-18-7-12(13)14/h2-3,6,12,16H,4-5,7,15H2,1H3. The first kappa shape index (κ1) is 14.4. The van der Waals surface area contributed by atoms with Crippen LogP contribution in [0.25, 0.3) is 0 Å². The second-order valence-electron chi connectivity index (χ2n) is 3.75. The number of rotatable bonds is 7. The maximum Gasteiger partial charge on any atom is 0.261 e. The van der Waals surface area contributed by atoms with Crippen LogP contribution < -0.4 is 11.1 Å². The Morgan fingerprint density at radius 2 is 2.22 bits per heavy atom. The van der Waals surface area contributed by atoms with Gasteiger partial charge in [0.05, 0.1) is 6.61 Å². The van der Waals surface area contributed by atoms with E-state index in [-0.39, 0.29) is 12.4 Å². The summed E-state index contributed by atoms with van der Waals surface area (Å²) < 4.78 is 28.2. The van der Waals surface area contributed by atoms with Gasteiger partial charge in [-0.05, 0) is 25.1 Å². The van der Waals surface area contributed by atoms with E-state index in [0.29, 0.717) is 17.8 Å². The molecule has 3 N–H and O–H groups in total. The molecule has 0 spiro atoms. The molecule has 0 unspecified atom stereocenters. The quantitative estimate of drug-likeness (QED) is 0.447. The molecule has 100 valence electrons. The molecule has 1 rings (SSSR count). The van der Waals surface area contributed by atoms with Gasteiger partial charge in [-0.2, -0.15) is 0 Å². The summed E-state index contributed by atoms with van der Waals surface area (Å²) in [5.41, 5.74) is 7.28. The lowest BCUT2D eigenvalue weighted by Crippen LogP contribution is -2.13. The molecule has 0 saturated carbocycles. The third-order valence-electron chi connectivity index (χ3n) is 2.25. The van der Waals surface area contributed by atoms with Crippen molar-refractivity contribution < 1.29 is 18.3 Å². The van der Waals surface area contributed by atoms with Gasteiger partial charge in [0.25, 0.3) is 6.43 Å². The van der Waals surface area contributed by atoms with Crippen molar-refractivity contribution in [2.24, 2.45) is 0 Å². The summed E-state index contributed by atoms with van der Waals surface area (Å²) >= 11 is 0. The van der Waals surface area contributed by atoms with Gasteiger partial charge in [0.2, 0.25) is 0 Å². The number of ketones is 1. The van der Waals surface area contributed by atoms with E-state index in [9.17, 15) is 13.6 Å². The van der Waals surface area contributed by atoms with E-state index >= 15 is 0 Å². The topological polar surface area (TPSA) is 64.3 Å². The number of carbonyl (C=O) groups excluding carboxylic acids is 1. The second kappa shape index (κ2) is 6.90. The maximum absolute atomic E-state index is 11.8. The SMILES string of the molecule is CC(=O)c1ccc(NCCOCC(F)F)cc1N. The minimum Gasteiger partial charge on any atom is -0.398 e. The average molecular weight is 258 g/mol. The Morgan fingerprint density at radius 3 is 2.78 bits per heavy atom. The minimum atomic E-state index is -2.45. The third-order valence-corrected chi connectivity index (χ3v) is 2.25. The fourth-order valence-electron chi connectivity index (χ4n) is 1.43. The molecule has 6 heteroatoms. The highest BCUT2D eigenvalue weighted by atomic mass is 19.3. The molecular formula is C12H16F2N2O2. The molecule has 0 bridgehead atoms. The Bertz CT molecular complexity index is 411. The van der Waals surface area contributed by atoms with Crippen LogP contribution in [0.3, 0.4) is 0 Å². The molecule has 0 radical (unpaired) electrons. The molecule has 0 heterocycles. The summed E-state index contributed by atoms with van der Waals surface area (Å²) in [5.74, 6) is -0.0979. The van der Waals surface area contributed by atoms with Gasteiger partial charge >= 0.3 is 0 Å². The van der Waals surface area contributed by atoms with Gasteiger partial charge in [-0.25, -0.2) is 8.78 Å². The van der Waals surface area contributed by atoms with Gasteiger partial charge in [-0.1, -0.05) is 0 Å². The Balaban J connectivity index is 2.39.